The van der Waals surface area contributed by atoms with Gasteiger partial charge in [0.05, 0.1) is 5.75 Å². The lowest BCUT2D eigenvalue weighted by atomic mass is 10.6. The SMILES string of the molecule is Nn1c(SCC(=O)O)nnc1-c1nccs1. The summed E-state index contributed by atoms with van der Waals surface area (Å²) >= 11 is 2.40. The molecule has 0 radical (unpaired) electrons. The number of aliphatic carboxylic acids is 1. The Labute approximate surface area is 98.3 Å². The first kappa shape index (κ1) is 10.9. The molecule has 84 valence electrons. The van der Waals surface area contributed by atoms with Gasteiger partial charge in [-0.05, 0) is 0 Å². The molecular formula is C7H7N5O2S2. The fourth-order valence-corrected chi connectivity index (χ4v) is 2.18. The summed E-state index contributed by atoms with van der Waals surface area (Å²) in [6, 6.07) is 0. The monoisotopic (exact) mass is 257 g/mol. The number of nitrogens with two attached hydrogens (primary N) is 1. The minimum atomic E-state index is -0.927. The van der Waals surface area contributed by atoms with Crippen LogP contribution in [-0.2, 0) is 4.79 Å². The van der Waals surface area contributed by atoms with E-state index < -0.39 is 5.97 Å². The molecule has 2 aromatic rings. The maximum atomic E-state index is 10.4. The van der Waals surface area contributed by atoms with Crippen molar-refractivity contribution in [3.8, 4) is 10.8 Å². The zero-order valence-corrected chi connectivity index (χ0v) is 9.53. The highest BCUT2D eigenvalue weighted by atomic mass is 32.2. The van der Waals surface area contributed by atoms with E-state index in [1.54, 1.807) is 11.6 Å². The number of carboxylic acids is 1. The molecule has 0 aliphatic heterocycles. The van der Waals surface area contributed by atoms with Crippen molar-refractivity contribution in [2.75, 3.05) is 11.6 Å². The van der Waals surface area contributed by atoms with Gasteiger partial charge in [0.2, 0.25) is 11.0 Å². The van der Waals surface area contributed by atoms with E-state index in [0.717, 1.165) is 11.8 Å². The van der Waals surface area contributed by atoms with Crippen LogP contribution in [0.25, 0.3) is 10.8 Å². The maximum Gasteiger partial charge on any atom is 0.313 e. The van der Waals surface area contributed by atoms with Gasteiger partial charge in [0.15, 0.2) is 5.01 Å². The molecule has 9 heteroatoms. The molecule has 0 amide bonds. The van der Waals surface area contributed by atoms with Gasteiger partial charge in [-0.25, -0.2) is 9.66 Å². The minimum Gasteiger partial charge on any atom is -0.481 e. The van der Waals surface area contributed by atoms with Crippen LogP contribution in [-0.4, -0.2) is 36.7 Å². The summed E-state index contributed by atoms with van der Waals surface area (Å²) < 4.78 is 1.24. The van der Waals surface area contributed by atoms with Crippen molar-refractivity contribution in [2.45, 2.75) is 5.16 Å². The van der Waals surface area contributed by atoms with Crippen molar-refractivity contribution < 1.29 is 9.90 Å². The van der Waals surface area contributed by atoms with Crippen LogP contribution in [0.1, 0.15) is 0 Å². The highest BCUT2D eigenvalue weighted by molar-refractivity contribution is 7.99. The first-order valence-corrected chi connectivity index (χ1v) is 6.00. The summed E-state index contributed by atoms with van der Waals surface area (Å²) in [7, 11) is 0. The quantitative estimate of drug-likeness (QED) is 0.598. The van der Waals surface area contributed by atoms with E-state index in [1.807, 2.05) is 0 Å². The van der Waals surface area contributed by atoms with Crippen molar-refractivity contribution >= 4 is 29.1 Å². The third-order valence-electron chi connectivity index (χ3n) is 1.61. The standard InChI is InChI=1S/C7H7N5O2S2/c8-12-5(6-9-1-2-15-6)10-11-7(12)16-3-4(13)14/h1-2H,3,8H2,(H,13,14). The Morgan fingerprint density at radius 2 is 2.44 bits per heavy atom. The van der Waals surface area contributed by atoms with Crippen LogP contribution in [0, 0.1) is 0 Å². The first-order chi connectivity index (χ1) is 7.68. The summed E-state index contributed by atoms with van der Waals surface area (Å²) in [6.45, 7) is 0. The summed E-state index contributed by atoms with van der Waals surface area (Å²) in [6.07, 6.45) is 1.64. The Kier molecular flexibility index (Phi) is 3.06. The van der Waals surface area contributed by atoms with Gasteiger partial charge in [0.25, 0.3) is 0 Å². The van der Waals surface area contributed by atoms with E-state index in [-0.39, 0.29) is 5.75 Å². The molecule has 0 aliphatic rings. The van der Waals surface area contributed by atoms with E-state index in [4.69, 9.17) is 10.9 Å². The molecule has 2 heterocycles. The van der Waals surface area contributed by atoms with Gasteiger partial charge in [-0.3, -0.25) is 4.79 Å². The second-order valence-electron chi connectivity index (χ2n) is 2.70. The predicted octanol–water partition coefficient (Wildman–Crippen LogP) is 0.292. The average molecular weight is 257 g/mol. The number of nitrogens with zero attached hydrogens (tertiary/aromatic N) is 4. The number of hydrogen-bond acceptors (Lipinski definition) is 7. The highest BCUT2D eigenvalue weighted by Crippen LogP contribution is 2.22. The number of aromatic nitrogens is 4. The van der Waals surface area contributed by atoms with Crippen LogP contribution in [0.3, 0.4) is 0 Å². The second-order valence-corrected chi connectivity index (χ2v) is 4.53. The first-order valence-electron chi connectivity index (χ1n) is 4.13. The number of hydrogen-bond donors (Lipinski definition) is 2. The van der Waals surface area contributed by atoms with Crippen LogP contribution in [0.5, 0.6) is 0 Å². The van der Waals surface area contributed by atoms with Gasteiger partial charge >= 0.3 is 5.97 Å². The fraction of sp³-hybridized carbons (Fsp3) is 0.143. The molecule has 0 spiro atoms. The zero-order valence-electron chi connectivity index (χ0n) is 7.90. The Bertz CT molecular complexity index is 495. The molecule has 2 rings (SSSR count). The molecule has 0 saturated carbocycles. The minimum absolute atomic E-state index is 0.104. The van der Waals surface area contributed by atoms with Gasteiger partial charge in [-0.2, -0.15) is 0 Å². The molecule has 3 N–H and O–H groups in total. The lowest BCUT2D eigenvalue weighted by molar-refractivity contribution is -0.133. The number of thioether (sulfide) groups is 1. The molecule has 0 aliphatic carbocycles. The predicted molar refractivity (Wildman–Crippen MR) is 59.6 cm³/mol. The molecule has 7 nitrogen and oxygen atoms in total. The fourth-order valence-electron chi connectivity index (χ4n) is 0.981. The number of rotatable bonds is 4. The highest BCUT2D eigenvalue weighted by Gasteiger charge is 2.14. The molecule has 0 bridgehead atoms. The van der Waals surface area contributed by atoms with Gasteiger partial charge in [0, 0.05) is 11.6 Å². The zero-order chi connectivity index (χ0) is 11.5. The van der Waals surface area contributed by atoms with Crippen LogP contribution in [0.2, 0.25) is 0 Å². The normalized spacial score (nSPS) is 10.5. The Morgan fingerprint density at radius 1 is 1.62 bits per heavy atom. The van der Waals surface area contributed by atoms with Crippen LogP contribution in [0.4, 0.5) is 0 Å². The third kappa shape index (κ3) is 2.14. The molecule has 2 aromatic heterocycles. The average Bonchev–Trinajstić information content (AvgIpc) is 2.84. The van der Waals surface area contributed by atoms with Crippen LogP contribution in [0.15, 0.2) is 16.7 Å². The topological polar surface area (TPSA) is 107 Å². The van der Waals surface area contributed by atoms with Crippen molar-refractivity contribution in [1.82, 2.24) is 19.9 Å². The number of thiazole rings is 1. The van der Waals surface area contributed by atoms with Crippen molar-refractivity contribution in [1.29, 1.82) is 0 Å². The van der Waals surface area contributed by atoms with Gasteiger partial charge in [-0.1, -0.05) is 11.8 Å². The molecule has 16 heavy (non-hydrogen) atoms. The molecule has 0 aromatic carbocycles. The summed E-state index contributed by atoms with van der Waals surface area (Å²) in [5.41, 5.74) is 0. The smallest absolute Gasteiger partial charge is 0.313 e. The summed E-state index contributed by atoms with van der Waals surface area (Å²) in [4.78, 5) is 14.4. The van der Waals surface area contributed by atoms with Gasteiger partial charge < -0.3 is 10.9 Å². The lowest BCUT2D eigenvalue weighted by Gasteiger charge is -1.99. The van der Waals surface area contributed by atoms with Crippen molar-refractivity contribution in [3.05, 3.63) is 11.6 Å². The molecular weight excluding hydrogens is 250 g/mol. The van der Waals surface area contributed by atoms with Gasteiger partial charge in [0.1, 0.15) is 0 Å². The second kappa shape index (κ2) is 4.49. The number of nitrogen functional groups attached to an aromatic ring is 1. The molecule has 0 fully saturated rings. The Morgan fingerprint density at radius 3 is 3.06 bits per heavy atom. The molecule has 0 saturated heterocycles. The van der Waals surface area contributed by atoms with E-state index in [1.165, 1.54) is 16.0 Å². The third-order valence-corrected chi connectivity index (χ3v) is 3.31. The maximum absolute atomic E-state index is 10.4. The van der Waals surface area contributed by atoms with E-state index in [0.29, 0.717) is 16.0 Å². The Balaban J connectivity index is 2.21. The van der Waals surface area contributed by atoms with Crippen LogP contribution < -0.4 is 5.84 Å². The summed E-state index contributed by atoms with van der Waals surface area (Å²) in [5.74, 6) is 5.13. The van der Waals surface area contributed by atoms with Crippen molar-refractivity contribution in [3.63, 3.8) is 0 Å². The molecule has 0 atom stereocenters. The largest absolute Gasteiger partial charge is 0.481 e. The number of carbonyl (C=O) groups is 1. The van der Waals surface area contributed by atoms with Crippen LogP contribution >= 0.6 is 23.1 Å². The summed E-state index contributed by atoms with van der Waals surface area (Å²) in [5, 5.41) is 19.0. The van der Waals surface area contributed by atoms with E-state index >= 15 is 0 Å². The lowest BCUT2D eigenvalue weighted by Crippen LogP contribution is -2.12. The van der Waals surface area contributed by atoms with E-state index in [9.17, 15) is 4.79 Å². The Hall–Kier alpha value is -1.61. The van der Waals surface area contributed by atoms with E-state index in [2.05, 4.69) is 15.2 Å². The number of carboxylic acid groups (broad SMARTS) is 1. The van der Waals surface area contributed by atoms with Gasteiger partial charge in [-0.15, -0.1) is 21.5 Å². The molecule has 0 unspecified atom stereocenters. The van der Waals surface area contributed by atoms with Crippen molar-refractivity contribution in [2.24, 2.45) is 0 Å².